The van der Waals surface area contributed by atoms with E-state index in [-0.39, 0.29) is 17.9 Å². The molecule has 2 rings (SSSR count). The van der Waals surface area contributed by atoms with Crippen molar-refractivity contribution < 1.29 is 23.0 Å². The summed E-state index contributed by atoms with van der Waals surface area (Å²) in [6, 6.07) is 2.85. The number of benzene rings is 1. The van der Waals surface area contributed by atoms with Crippen molar-refractivity contribution in [2.45, 2.75) is 32.8 Å². The van der Waals surface area contributed by atoms with Gasteiger partial charge in [0.1, 0.15) is 11.6 Å². The molecule has 1 heterocycles. The van der Waals surface area contributed by atoms with E-state index in [9.17, 15) is 13.6 Å². The Bertz CT molecular complexity index is 455. The molecule has 1 aromatic rings. The van der Waals surface area contributed by atoms with E-state index in [1.54, 1.807) is 6.92 Å². The Morgan fingerprint density at radius 1 is 1.32 bits per heavy atom. The van der Waals surface area contributed by atoms with Crippen molar-refractivity contribution in [3.05, 3.63) is 29.8 Å². The van der Waals surface area contributed by atoms with Gasteiger partial charge in [0.05, 0.1) is 5.92 Å². The third-order valence-corrected chi connectivity index (χ3v) is 2.89. The van der Waals surface area contributed by atoms with E-state index in [0.717, 1.165) is 18.2 Å². The van der Waals surface area contributed by atoms with Gasteiger partial charge in [0.15, 0.2) is 12.6 Å². The van der Waals surface area contributed by atoms with Crippen molar-refractivity contribution >= 4 is 11.6 Å². The van der Waals surface area contributed by atoms with Crippen LogP contribution in [0.1, 0.15) is 20.3 Å². The van der Waals surface area contributed by atoms with Crippen LogP contribution < -0.4 is 5.32 Å². The summed E-state index contributed by atoms with van der Waals surface area (Å²) in [5.41, 5.74) is 0.0771. The number of hydrogen-bond acceptors (Lipinski definition) is 3. The number of hydrogen-bond donors (Lipinski definition) is 1. The molecule has 1 unspecified atom stereocenters. The van der Waals surface area contributed by atoms with Crippen LogP contribution in [0.2, 0.25) is 0 Å². The molecule has 0 bridgehead atoms. The van der Waals surface area contributed by atoms with E-state index in [0.29, 0.717) is 6.42 Å². The lowest BCUT2D eigenvalue weighted by atomic mass is 10.0. The molecule has 1 fully saturated rings. The van der Waals surface area contributed by atoms with Gasteiger partial charge in [-0.1, -0.05) is 6.92 Å². The van der Waals surface area contributed by atoms with E-state index >= 15 is 0 Å². The molecule has 1 aliphatic rings. The number of nitrogens with one attached hydrogen (secondary N) is 1. The highest BCUT2D eigenvalue weighted by Crippen LogP contribution is 2.26. The second-order valence-electron chi connectivity index (χ2n) is 4.37. The van der Waals surface area contributed by atoms with Crippen molar-refractivity contribution in [2.24, 2.45) is 5.92 Å². The van der Waals surface area contributed by atoms with Gasteiger partial charge in [0.2, 0.25) is 5.91 Å². The summed E-state index contributed by atoms with van der Waals surface area (Å²) in [6.45, 7) is 3.54. The van der Waals surface area contributed by atoms with Crippen LogP contribution >= 0.6 is 0 Å². The summed E-state index contributed by atoms with van der Waals surface area (Å²) in [7, 11) is 0. The molecule has 1 aliphatic heterocycles. The van der Waals surface area contributed by atoms with Gasteiger partial charge >= 0.3 is 0 Å². The quantitative estimate of drug-likeness (QED) is 0.915. The fourth-order valence-corrected chi connectivity index (χ4v) is 1.94. The highest BCUT2D eigenvalue weighted by molar-refractivity contribution is 5.92. The number of carbonyl (C=O) groups is 1. The van der Waals surface area contributed by atoms with Gasteiger partial charge in [-0.15, -0.1) is 0 Å². The maximum Gasteiger partial charge on any atom is 0.232 e. The summed E-state index contributed by atoms with van der Waals surface area (Å²) in [5.74, 6) is -2.38. The molecule has 1 aromatic carbocycles. The van der Waals surface area contributed by atoms with Gasteiger partial charge in [-0.25, -0.2) is 8.78 Å². The largest absolute Gasteiger partial charge is 0.325 e. The van der Waals surface area contributed by atoms with Crippen molar-refractivity contribution in [2.75, 3.05) is 5.32 Å². The zero-order valence-electron chi connectivity index (χ0n) is 10.7. The standard InChI is InChI=1S/C13H15F2NO3/c1-3-11(13-18-7(2)19-13)12(17)16-10-5-8(14)4-9(15)6-10/h4-7,11,13H,3H2,1-2H3,(H,16,17). The molecule has 0 spiro atoms. The molecule has 1 atom stereocenters. The normalized spacial score (nSPS) is 23.6. The first-order valence-corrected chi connectivity index (χ1v) is 6.07. The molecule has 0 aliphatic carbocycles. The Hall–Kier alpha value is -1.53. The zero-order chi connectivity index (χ0) is 14.0. The first-order chi connectivity index (χ1) is 8.99. The van der Waals surface area contributed by atoms with Crippen LogP contribution in [-0.2, 0) is 14.3 Å². The monoisotopic (exact) mass is 271 g/mol. The smallest absolute Gasteiger partial charge is 0.232 e. The van der Waals surface area contributed by atoms with Gasteiger partial charge in [0, 0.05) is 11.8 Å². The number of anilines is 1. The average Bonchev–Trinajstić information content (AvgIpc) is 2.26. The Morgan fingerprint density at radius 2 is 1.89 bits per heavy atom. The van der Waals surface area contributed by atoms with Crippen molar-refractivity contribution in [1.82, 2.24) is 0 Å². The lowest BCUT2D eigenvalue weighted by Gasteiger charge is -2.37. The molecule has 6 heteroatoms. The van der Waals surface area contributed by atoms with E-state index in [2.05, 4.69) is 5.32 Å². The van der Waals surface area contributed by atoms with Crippen molar-refractivity contribution in [1.29, 1.82) is 0 Å². The second kappa shape index (κ2) is 5.63. The highest BCUT2D eigenvalue weighted by Gasteiger charge is 2.37. The molecule has 1 amide bonds. The number of rotatable bonds is 4. The van der Waals surface area contributed by atoms with Gasteiger partial charge < -0.3 is 14.8 Å². The Balaban J connectivity index is 2.02. The molecule has 0 radical (unpaired) electrons. The molecule has 1 saturated heterocycles. The summed E-state index contributed by atoms with van der Waals surface area (Å²) in [5, 5.41) is 2.46. The van der Waals surface area contributed by atoms with Crippen LogP contribution in [-0.4, -0.2) is 18.5 Å². The number of halogens is 2. The first kappa shape index (κ1) is 13.9. The van der Waals surface area contributed by atoms with Gasteiger partial charge in [-0.05, 0) is 25.5 Å². The highest BCUT2D eigenvalue weighted by atomic mass is 19.1. The molecule has 19 heavy (non-hydrogen) atoms. The fourth-order valence-electron chi connectivity index (χ4n) is 1.94. The fraction of sp³-hybridized carbons (Fsp3) is 0.462. The third-order valence-electron chi connectivity index (χ3n) is 2.89. The Kier molecular flexibility index (Phi) is 4.11. The molecule has 0 aromatic heterocycles. The number of carbonyl (C=O) groups excluding carboxylic acids is 1. The molecular formula is C13H15F2NO3. The van der Waals surface area contributed by atoms with Crippen LogP contribution in [0.15, 0.2) is 18.2 Å². The van der Waals surface area contributed by atoms with Gasteiger partial charge in [0.25, 0.3) is 0 Å². The Morgan fingerprint density at radius 3 is 2.37 bits per heavy atom. The third kappa shape index (κ3) is 3.27. The number of amides is 1. The molecule has 0 saturated carbocycles. The zero-order valence-corrected chi connectivity index (χ0v) is 10.7. The average molecular weight is 271 g/mol. The van der Waals surface area contributed by atoms with E-state index in [4.69, 9.17) is 9.47 Å². The topological polar surface area (TPSA) is 47.6 Å². The van der Waals surface area contributed by atoms with Crippen LogP contribution in [0, 0.1) is 17.6 Å². The van der Waals surface area contributed by atoms with Gasteiger partial charge in [-0.2, -0.15) is 0 Å². The van der Waals surface area contributed by atoms with Crippen molar-refractivity contribution in [3.8, 4) is 0 Å². The predicted molar refractivity (Wildman–Crippen MR) is 64.2 cm³/mol. The summed E-state index contributed by atoms with van der Waals surface area (Å²) >= 11 is 0. The molecular weight excluding hydrogens is 256 g/mol. The van der Waals surface area contributed by atoms with E-state index < -0.39 is 23.8 Å². The van der Waals surface area contributed by atoms with E-state index in [1.165, 1.54) is 0 Å². The first-order valence-electron chi connectivity index (χ1n) is 6.07. The lowest BCUT2D eigenvalue weighted by Crippen LogP contribution is -2.47. The van der Waals surface area contributed by atoms with Crippen LogP contribution in [0.25, 0.3) is 0 Å². The minimum absolute atomic E-state index is 0.0771. The Labute approximate surface area is 109 Å². The molecule has 4 nitrogen and oxygen atoms in total. The SMILES string of the molecule is CCC(C(=O)Nc1cc(F)cc(F)c1)C1OC(C)O1. The molecule has 1 N–H and O–H groups in total. The van der Waals surface area contributed by atoms with E-state index in [1.807, 2.05) is 6.92 Å². The minimum Gasteiger partial charge on any atom is -0.325 e. The van der Waals surface area contributed by atoms with Crippen LogP contribution in [0.5, 0.6) is 0 Å². The van der Waals surface area contributed by atoms with Crippen LogP contribution in [0.4, 0.5) is 14.5 Å². The summed E-state index contributed by atoms with van der Waals surface area (Å²) in [4.78, 5) is 12.0. The van der Waals surface area contributed by atoms with Crippen molar-refractivity contribution in [3.63, 3.8) is 0 Å². The van der Waals surface area contributed by atoms with Gasteiger partial charge in [-0.3, -0.25) is 4.79 Å². The lowest BCUT2D eigenvalue weighted by molar-refractivity contribution is -0.387. The predicted octanol–water partition coefficient (Wildman–Crippen LogP) is 2.65. The maximum atomic E-state index is 13.0. The number of ether oxygens (including phenoxy) is 2. The second-order valence-corrected chi connectivity index (χ2v) is 4.37. The summed E-state index contributed by atoms with van der Waals surface area (Å²) in [6.07, 6.45) is -0.419. The minimum atomic E-state index is -0.742. The summed E-state index contributed by atoms with van der Waals surface area (Å²) < 4.78 is 36.6. The van der Waals surface area contributed by atoms with Crippen LogP contribution in [0.3, 0.4) is 0 Å². The molecule has 104 valence electrons. The maximum absolute atomic E-state index is 13.0.